The van der Waals surface area contributed by atoms with Crippen molar-refractivity contribution in [3.63, 3.8) is 0 Å². The molecule has 0 amide bonds. The molecule has 0 spiro atoms. The van der Waals surface area contributed by atoms with Crippen LogP contribution in [0.15, 0.2) is 18.2 Å². The summed E-state index contributed by atoms with van der Waals surface area (Å²) in [5.74, 6) is 2.69. The van der Waals surface area contributed by atoms with Crippen molar-refractivity contribution in [1.82, 2.24) is 5.32 Å². The number of rotatable bonds is 3. The molecule has 1 aromatic rings. The first-order valence-corrected chi connectivity index (χ1v) is 8.60. The van der Waals surface area contributed by atoms with Crippen molar-refractivity contribution in [3.05, 3.63) is 29.3 Å². The standard InChI is InChI=1S/C19H29NO/c1-13-7-10-18(14(2)11-13)20-19-6-4-5-15-8-9-16(21-3)12-17(15)19/h8-9,12-14,18-20H,4-7,10-11H2,1-3H3. The van der Waals surface area contributed by atoms with Gasteiger partial charge in [0.25, 0.3) is 0 Å². The van der Waals surface area contributed by atoms with Crippen molar-refractivity contribution >= 4 is 0 Å². The van der Waals surface area contributed by atoms with Gasteiger partial charge in [0.2, 0.25) is 0 Å². The SMILES string of the molecule is COc1ccc2c(c1)C(NC1CCC(C)CC1C)CCC2. The molecule has 1 aromatic carbocycles. The van der Waals surface area contributed by atoms with Crippen LogP contribution in [0.4, 0.5) is 0 Å². The van der Waals surface area contributed by atoms with Gasteiger partial charge in [-0.25, -0.2) is 0 Å². The van der Waals surface area contributed by atoms with Crippen LogP contribution in [0.5, 0.6) is 5.75 Å². The van der Waals surface area contributed by atoms with E-state index in [1.54, 1.807) is 7.11 Å². The number of fused-ring (bicyclic) bond motifs is 1. The second-order valence-electron chi connectivity index (χ2n) is 7.18. The van der Waals surface area contributed by atoms with Crippen molar-refractivity contribution in [2.24, 2.45) is 11.8 Å². The monoisotopic (exact) mass is 287 g/mol. The van der Waals surface area contributed by atoms with Crippen LogP contribution >= 0.6 is 0 Å². The minimum absolute atomic E-state index is 0.518. The predicted octanol–water partition coefficient (Wildman–Crippen LogP) is 4.49. The highest BCUT2D eigenvalue weighted by Crippen LogP contribution is 2.35. The van der Waals surface area contributed by atoms with Gasteiger partial charge in [-0.3, -0.25) is 0 Å². The van der Waals surface area contributed by atoms with Crippen LogP contribution in [-0.4, -0.2) is 13.2 Å². The number of ether oxygens (including phenoxy) is 1. The average molecular weight is 287 g/mol. The Bertz CT molecular complexity index is 484. The Hall–Kier alpha value is -1.02. The number of hydrogen-bond donors (Lipinski definition) is 1. The van der Waals surface area contributed by atoms with Gasteiger partial charge in [0.15, 0.2) is 0 Å². The van der Waals surface area contributed by atoms with E-state index in [0.29, 0.717) is 12.1 Å². The van der Waals surface area contributed by atoms with Gasteiger partial charge < -0.3 is 10.1 Å². The topological polar surface area (TPSA) is 21.3 Å². The van der Waals surface area contributed by atoms with Crippen LogP contribution in [-0.2, 0) is 6.42 Å². The Balaban J connectivity index is 1.75. The average Bonchev–Trinajstić information content (AvgIpc) is 2.50. The van der Waals surface area contributed by atoms with E-state index >= 15 is 0 Å². The molecule has 0 aromatic heterocycles. The van der Waals surface area contributed by atoms with Gasteiger partial charge in [-0.1, -0.05) is 19.9 Å². The first-order chi connectivity index (χ1) is 10.2. The van der Waals surface area contributed by atoms with E-state index in [2.05, 4.69) is 37.4 Å². The van der Waals surface area contributed by atoms with E-state index in [1.165, 1.54) is 49.7 Å². The molecule has 0 saturated heterocycles. The highest BCUT2D eigenvalue weighted by Gasteiger charge is 2.29. The molecule has 2 nitrogen and oxygen atoms in total. The van der Waals surface area contributed by atoms with E-state index < -0.39 is 0 Å². The van der Waals surface area contributed by atoms with Crippen LogP contribution in [0.2, 0.25) is 0 Å². The van der Waals surface area contributed by atoms with Crippen LogP contribution in [0, 0.1) is 11.8 Å². The lowest BCUT2D eigenvalue weighted by Crippen LogP contribution is -2.42. The van der Waals surface area contributed by atoms with Crippen LogP contribution in [0.1, 0.15) is 63.1 Å². The van der Waals surface area contributed by atoms with Crippen molar-refractivity contribution < 1.29 is 4.74 Å². The number of methoxy groups -OCH3 is 1. The molecule has 3 rings (SSSR count). The minimum atomic E-state index is 0.518. The second-order valence-corrected chi connectivity index (χ2v) is 7.18. The number of aryl methyl sites for hydroxylation is 1. The normalized spacial score (nSPS) is 32.5. The van der Waals surface area contributed by atoms with E-state index in [-0.39, 0.29) is 0 Å². The van der Waals surface area contributed by atoms with Crippen molar-refractivity contribution in [2.45, 2.75) is 64.5 Å². The van der Waals surface area contributed by atoms with Gasteiger partial charge in [-0.05, 0) is 73.6 Å². The van der Waals surface area contributed by atoms with Gasteiger partial charge in [-0.2, -0.15) is 0 Å². The van der Waals surface area contributed by atoms with Gasteiger partial charge >= 0.3 is 0 Å². The molecular weight excluding hydrogens is 258 g/mol. The van der Waals surface area contributed by atoms with Crippen molar-refractivity contribution in [1.29, 1.82) is 0 Å². The maximum Gasteiger partial charge on any atom is 0.119 e. The fraction of sp³-hybridized carbons (Fsp3) is 0.684. The zero-order valence-corrected chi connectivity index (χ0v) is 13.7. The highest BCUT2D eigenvalue weighted by atomic mass is 16.5. The molecule has 1 saturated carbocycles. The molecule has 4 atom stereocenters. The number of hydrogen-bond acceptors (Lipinski definition) is 2. The molecular formula is C19H29NO. The predicted molar refractivity (Wildman–Crippen MR) is 87.8 cm³/mol. The summed E-state index contributed by atoms with van der Waals surface area (Å²) in [7, 11) is 1.76. The first-order valence-electron chi connectivity index (χ1n) is 8.60. The van der Waals surface area contributed by atoms with E-state index in [0.717, 1.165) is 17.6 Å². The Morgan fingerprint density at radius 3 is 2.76 bits per heavy atom. The summed E-state index contributed by atoms with van der Waals surface area (Å²) in [6.07, 6.45) is 7.86. The summed E-state index contributed by atoms with van der Waals surface area (Å²) >= 11 is 0. The fourth-order valence-electron chi connectivity index (χ4n) is 4.25. The molecule has 2 aliphatic carbocycles. The number of nitrogens with one attached hydrogen (secondary N) is 1. The van der Waals surface area contributed by atoms with Crippen molar-refractivity contribution in [3.8, 4) is 5.75 Å². The molecule has 21 heavy (non-hydrogen) atoms. The minimum Gasteiger partial charge on any atom is -0.497 e. The van der Waals surface area contributed by atoms with E-state index in [4.69, 9.17) is 4.74 Å². The quantitative estimate of drug-likeness (QED) is 0.884. The highest BCUT2D eigenvalue weighted by molar-refractivity contribution is 5.39. The smallest absolute Gasteiger partial charge is 0.119 e. The lowest BCUT2D eigenvalue weighted by Gasteiger charge is -2.38. The second kappa shape index (κ2) is 6.39. The lowest BCUT2D eigenvalue weighted by molar-refractivity contribution is 0.208. The molecule has 1 N–H and O–H groups in total. The van der Waals surface area contributed by atoms with Crippen LogP contribution in [0.3, 0.4) is 0 Å². The molecule has 0 bridgehead atoms. The summed E-state index contributed by atoms with van der Waals surface area (Å²) in [4.78, 5) is 0. The fourth-order valence-corrected chi connectivity index (χ4v) is 4.25. The van der Waals surface area contributed by atoms with E-state index in [1.807, 2.05) is 0 Å². The van der Waals surface area contributed by atoms with Crippen molar-refractivity contribution in [2.75, 3.05) is 7.11 Å². The summed E-state index contributed by atoms with van der Waals surface area (Å²) in [6.45, 7) is 4.82. The molecule has 4 unspecified atom stereocenters. The summed E-state index contributed by atoms with van der Waals surface area (Å²) in [6, 6.07) is 7.82. The van der Waals surface area contributed by atoms with Crippen LogP contribution in [0.25, 0.3) is 0 Å². The summed E-state index contributed by atoms with van der Waals surface area (Å²) in [5.41, 5.74) is 2.99. The summed E-state index contributed by atoms with van der Waals surface area (Å²) < 4.78 is 5.43. The molecule has 1 fully saturated rings. The Morgan fingerprint density at radius 2 is 2.00 bits per heavy atom. The Kier molecular flexibility index (Phi) is 4.54. The van der Waals surface area contributed by atoms with Crippen LogP contribution < -0.4 is 10.1 Å². The third kappa shape index (κ3) is 3.26. The molecule has 2 heteroatoms. The number of benzene rings is 1. The zero-order chi connectivity index (χ0) is 14.8. The lowest BCUT2D eigenvalue weighted by atomic mass is 9.78. The summed E-state index contributed by atoms with van der Waals surface area (Å²) in [5, 5.41) is 3.98. The van der Waals surface area contributed by atoms with Gasteiger partial charge in [-0.15, -0.1) is 0 Å². The zero-order valence-electron chi connectivity index (χ0n) is 13.7. The molecule has 0 heterocycles. The molecule has 116 valence electrons. The Labute approximate surface area is 129 Å². The molecule has 0 radical (unpaired) electrons. The first kappa shape index (κ1) is 14.9. The molecule has 2 aliphatic rings. The third-order valence-corrected chi connectivity index (χ3v) is 5.51. The van der Waals surface area contributed by atoms with E-state index in [9.17, 15) is 0 Å². The maximum atomic E-state index is 5.43. The molecule has 0 aliphatic heterocycles. The maximum absolute atomic E-state index is 5.43. The third-order valence-electron chi connectivity index (χ3n) is 5.51. The van der Waals surface area contributed by atoms with Gasteiger partial charge in [0.1, 0.15) is 5.75 Å². The van der Waals surface area contributed by atoms with Gasteiger partial charge in [0, 0.05) is 12.1 Å². The van der Waals surface area contributed by atoms with Gasteiger partial charge in [0.05, 0.1) is 7.11 Å². The largest absolute Gasteiger partial charge is 0.497 e. The Morgan fingerprint density at radius 1 is 1.14 bits per heavy atom.